The van der Waals surface area contributed by atoms with Crippen LogP contribution in [0.4, 0.5) is 0 Å². The van der Waals surface area contributed by atoms with Gasteiger partial charge >= 0.3 is 0 Å². The summed E-state index contributed by atoms with van der Waals surface area (Å²) < 4.78 is 11.4. The van der Waals surface area contributed by atoms with E-state index in [9.17, 15) is 4.79 Å². The van der Waals surface area contributed by atoms with Crippen molar-refractivity contribution in [3.05, 3.63) is 53.7 Å². The van der Waals surface area contributed by atoms with Crippen molar-refractivity contribution in [3.63, 3.8) is 0 Å². The summed E-state index contributed by atoms with van der Waals surface area (Å²) in [5.74, 6) is 1.91. The number of hydrogen-bond acceptors (Lipinski definition) is 6. The molecule has 0 aliphatic carbocycles. The number of carbonyl (C=O) groups is 1. The highest BCUT2D eigenvalue weighted by molar-refractivity contribution is 7.13. The molecule has 1 aliphatic rings. The Morgan fingerprint density at radius 3 is 2.92 bits per heavy atom. The van der Waals surface area contributed by atoms with E-state index in [-0.39, 0.29) is 18.4 Å². The van der Waals surface area contributed by atoms with E-state index >= 15 is 0 Å². The lowest BCUT2D eigenvalue weighted by molar-refractivity contribution is -0.134. The topological polar surface area (TPSA) is 68.5 Å². The number of aromatic nitrogens is 2. The molecule has 1 aliphatic heterocycles. The van der Waals surface area contributed by atoms with Crippen LogP contribution in [0, 0.1) is 0 Å². The maximum absolute atomic E-state index is 12.5. The summed E-state index contributed by atoms with van der Waals surface area (Å²) in [6, 6.07) is 13.3. The van der Waals surface area contributed by atoms with Crippen molar-refractivity contribution >= 4 is 17.2 Å². The Labute approximate surface area is 155 Å². The second-order valence-electron chi connectivity index (χ2n) is 6.20. The van der Waals surface area contributed by atoms with Crippen molar-refractivity contribution in [1.29, 1.82) is 0 Å². The van der Waals surface area contributed by atoms with Crippen LogP contribution >= 0.6 is 11.3 Å². The Morgan fingerprint density at radius 1 is 1.23 bits per heavy atom. The van der Waals surface area contributed by atoms with E-state index in [4.69, 9.17) is 9.15 Å². The normalized spacial score (nSPS) is 17.2. The fourth-order valence-corrected chi connectivity index (χ4v) is 3.70. The summed E-state index contributed by atoms with van der Waals surface area (Å²) in [6.45, 7) is 1.36. The lowest BCUT2D eigenvalue weighted by Gasteiger charge is -2.31. The predicted octanol–water partition coefficient (Wildman–Crippen LogP) is 3.58. The number of piperidine rings is 1. The van der Waals surface area contributed by atoms with Gasteiger partial charge < -0.3 is 14.1 Å². The van der Waals surface area contributed by atoms with Crippen LogP contribution in [0.2, 0.25) is 0 Å². The number of thiophene rings is 1. The number of amides is 1. The van der Waals surface area contributed by atoms with E-state index in [0.717, 1.165) is 24.3 Å². The fourth-order valence-electron chi connectivity index (χ4n) is 3.06. The Kier molecular flexibility index (Phi) is 4.97. The second kappa shape index (κ2) is 7.70. The van der Waals surface area contributed by atoms with Crippen molar-refractivity contribution in [2.45, 2.75) is 18.8 Å². The monoisotopic (exact) mass is 369 g/mol. The zero-order valence-corrected chi connectivity index (χ0v) is 15.0. The van der Waals surface area contributed by atoms with E-state index in [2.05, 4.69) is 10.2 Å². The van der Waals surface area contributed by atoms with Crippen molar-refractivity contribution in [2.75, 3.05) is 19.7 Å². The van der Waals surface area contributed by atoms with Crippen LogP contribution < -0.4 is 4.74 Å². The van der Waals surface area contributed by atoms with E-state index in [1.165, 1.54) is 0 Å². The summed E-state index contributed by atoms with van der Waals surface area (Å²) in [7, 11) is 0. The average molecular weight is 369 g/mol. The number of rotatable bonds is 5. The number of ether oxygens (including phenoxy) is 1. The third-order valence-corrected chi connectivity index (χ3v) is 5.26. The first-order valence-electron chi connectivity index (χ1n) is 8.62. The number of hydrogen-bond donors (Lipinski definition) is 0. The van der Waals surface area contributed by atoms with Crippen molar-refractivity contribution in [2.24, 2.45) is 0 Å². The third-order valence-electron chi connectivity index (χ3n) is 4.40. The SMILES string of the molecule is O=C(COc1ccccc1)N1CCCC(c2nnc(-c3cccs3)o2)C1. The summed E-state index contributed by atoms with van der Waals surface area (Å²) >= 11 is 1.57. The minimum Gasteiger partial charge on any atom is -0.484 e. The van der Waals surface area contributed by atoms with Crippen LogP contribution in [0.1, 0.15) is 24.7 Å². The molecule has 1 saturated heterocycles. The van der Waals surface area contributed by atoms with Gasteiger partial charge in [-0.15, -0.1) is 21.5 Å². The van der Waals surface area contributed by atoms with Crippen molar-refractivity contribution < 1.29 is 13.9 Å². The summed E-state index contributed by atoms with van der Waals surface area (Å²) in [6.07, 6.45) is 1.86. The Balaban J connectivity index is 1.37. The molecular weight excluding hydrogens is 350 g/mol. The molecule has 0 saturated carbocycles. The van der Waals surface area contributed by atoms with Crippen molar-refractivity contribution in [1.82, 2.24) is 15.1 Å². The molecule has 0 spiro atoms. The van der Waals surface area contributed by atoms with E-state index in [1.807, 2.05) is 52.7 Å². The minimum atomic E-state index is -0.0171. The molecule has 1 fully saturated rings. The number of likely N-dealkylation sites (tertiary alicyclic amines) is 1. The quantitative estimate of drug-likeness (QED) is 0.687. The highest BCUT2D eigenvalue weighted by Crippen LogP contribution is 2.30. The van der Waals surface area contributed by atoms with Crippen LogP contribution in [-0.2, 0) is 4.79 Å². The smallest absolute Gasteiger partial charge is 0.260 e. The van der Waals surface area contributed by atoms with Gasteiger partial charge in [0.1, 0.15) is 5.75 Å². The molecule has 3 heterocycles. The Bertz CT molecular complexity index is 848. The molecule has 1 atom stereocenters. The third kappa shape index (κ3) is 3.77. The van der Waals surface area contributed by atoms with E-state index in [0.29, 0.717) is 24.1 Å². The Morgan fingerprint density at radius 2 is 2.12 bits per heavy atom. The Hall–Kier alpha value is -2.67. The molecule has 2 aromatic heterocycles. The van der Waals surface area contributed by atoms with Gasteiger partial charge in [-0.05, 0) is 36.4 Å². The second-order valence-corrected chi connectivity index (χ2v) is 7.15. The average Bonchev–Trinajstić information content (AvgIpc) is 3.38. The molecule has 0 N–H and O–H groups in total. The zero-order chi connectivity index (χ0) is 17.8. The summed E-state index contributed by atoms with van der Waals surface area (Å²) in [5, 5.41) is 10.3. The molecule has 1 aromatic carbocycles. The molecule has 26 heavy (non-hydrogen) atoms. The van der Waals surface area contributed by atoms with Gasteiger partial charge in [0.2, 0.25) is 5.89 Å². The number of para-hydroxylation sites is 1. The highest BCUT2D eigenvalue weighted by Gasteiger charge is 2.28. The molecule has 4 rings (SSSR count). The molecule has 1 unspecified atom stereocenters. The first-order chi connectivity index (χ1) is 12.8. The van der Waals surface area contributed by atoms with Crippen LogP contribution in [0.5, 0.6) is 5.75 Å². The lowest BCUT2D eigenvalue weighted by Crippen LogP contribution is -2.41. The summed E-state index contributed by atoms with van der Waals surface area (Å²) in [4.78, 5) is 15.3. The lowest BCUT2D eigenvalue weighted by atomic mass is 9.98. The highest BCUT2D eigenvalue weighted by atomic mass is 32.1. The predicted molar refractivity (Wildman–Crippen MR) is 98.1 cm³/mol. The summed E-state index contributed by atoms with van der Waals surface area (Å²) in [5.41, 5.74) is 0. The standard InChI is InChI=1S/C19H19N3O3S/c23-17(13-24-15-7-2-1-3-8-15)22-10-4-6-14(12-22)18-20-21-19(25-18)16-9-5-11-26-16/h1-3,5,7-9,11,14H,4,6,10,12-13H2. The van der Waals surface area contributed by atoms with Gasteiger partial charge in [-0.2, -0.15) is 0 Å². The van der Waals surface area contributed by atoms with Crippen molar-refractivity contribution in [3.8, 4) is 16.5 Å². The van der Waals surface area contributed by atoms with Crippen LogP contribution in [0.25, 0.3) is 10.8 Å². The maximum atomic E-state index is 12.5. The van der Waals surface area contributed by atoms with Gasteiger partial charge in [0, 0.05) is 13.1 Å². The fraction of sp³-hybridized carbons (Fsp3) is 0.316. The number of benzene rings is 1. The van der Waals surface area contributed by atoms with Gasteiger partial charge in [0.25, 0.3) is 11.8 Å². The van der Waals surface area contributed by atoms with Gasteiger partial charge in [-0.25, -0.2) is 0 Å². The molecule has 1 amide bonds. The number of carbonyl (C=O) groups excluding carboxylic acids is 1. The largest absolute Gasteiger partial charge is 0.484 e. The number of nitrogens with zero attached hydrogens (tertiary/aromatic N) is 3. The molecule has 6 nitrogen and oxygen atoms in total. The van der Waals surface area contributed by atoms with Gasteiger partial charge in [0.15, 0.2) is 6.61 Å². The van der Waals surface area contributed by atoms with Crippen LogP contribution in [0.15, 0.2) is 52.3 Å². The van der Waals surface area contributed by atoms with Gasteiger partial charge in [-0.3, -0.25) is 4.79 Å². The first kappa shape index (κ1) is 16.8. The van der Waals surface area contributed by atoms with E-state index < -0.39 is 0 Å². The molecule has 0 bridgehead atoms. The van der Waals surface area contributed by atoms with Crippen LogP contribution in [0.3, 0.4) is 0 Å². The maximum Gasteiger partial charge on any atom is 0.260 e. The molecule has 3 aromatic rings. The molecule has 7 heteroatoms. The molecule has 134 valence electrons. The van der Waals surface area contributed by atoms with Gasteiger partial charge in [0.05, 0.1) is 10.8 Å². The van der Waals surface area contributed by atoms with E-state index in [1.54, 1.807) is 11.3 Å². The molecular formula is C19H19N3O3S. The molecule has 0 radical (unpaired) electrons. The van der Waals surface area contributed by atoms with Crippen LogP contribution in [-0.4, -0.2) is 40.7 Å². The zero-order valence-electron chi connectivity index (χ0n) is 14.2. The minimum absolute atomic E-state index is 0.0171. The first-order valence-corrected chi connectivity index (χ1v) is 9.50. The van der Waals surface area contributed by atoms with Gasteiger partial charge in [-0.1, -0.05) is 24.3 Å².